The molecular weight excluding hydrogens is 688 g/mol. The van der Waals surface area contributed by atoms with E-state index in [1.54, 1.807) is 107 Å². The van der Waals surface area contributed by atoms with E-state index in [1.807, 2.05) is 24.3 Å². The highest BCUT2D eigenvalue weighted by Gasteiger charge is 2.27. The summed E-state index contributed by atoms with van der Waals surface area (Å²) in [4.78, 5) is 25.4. The van der Waals surface area contributed by atoms with Gasteiger partial charge in [-0.3, -0.25) is 4.79 Å². The summed E-state index contributed by atoms with van der Waals surface area (Å²) in [5, 5.41) is 11.6. The SMILES string of the molecule is COc1ccc(CN(Cc2ccc(OC)cc2)S(=O)(=O)c2cccc(-c3c(C)n(CC(F)=CCNC(=O)O)c4ccc(C(=O)N(C)C)cc34)c2)cc1. The van der Waals surface area contributed by atoms with Gasteiger partial charge in [0.15, 0.2) is 0 Å². The molecule has 52 heavy (non-hydrogen) atoms. The fourth-order valence-corrected chi connectivity index (χ4v) is 7.43. The van der Waals surface area contributed by atoms with Crippen LogP contribution in [-0.4, -0.2) is 74.2 Å². The minimum absolute atomic E-state index is 0.0543. The molecule has 1 heterocycles. The number of nitrogens with zero attached hydrogens (tertiary/aromatic N) is 3. The Hall–Kier alpha value is -5.66. The van der Waals surface area contributed by atoms with Gasteiger partial charge >= 0.3 is 6.09 Å². The van der Waals surface area contributed by atoms with E-state index < -0.39 is 21.9 Å². The molecule has 13 heteroatoms. The van der Waals surface area contributed by atoms with Gasteiger partial charge in [0.25, 0.3) is 5.91 Å². The third-order valence-corrected chi connectivity index (χ3v) is 10.4. The second-order valence-corrected chi connectivity index (χ2v) is 14.3. The molecule has 0 aliphatic heterocycles. The molecule has 5 aromatic rings. The van der Waals surface area contributed by atoms with E-state index in [0.29, 0.717) is 44.8 Å². The number of carbonyl (C=O) groups is 2. The van der Waals surface area contributed by atoms with Crippen molar-refractivity contribution in [3.63, 3.8) is 0 Å². The van der Waals surface area contributed by atoms with Crippen LogP contribution in [0, 0.1) is 6.92 Å². The van der Waals surface area contributed by atoms with Crippen molar-refractivity contribution in [3.8, 4) is 22.6 Å². The molecule has 2 amide bonds. The zero-order valence-electron chi connectivity index (χ0n) is 29.6. The molecule has 4 aromatic carbocycles. The van der Waals surface area contributed by atoms with Crippen LogP contribution in [0.5, 0.6) is 11.5 Å². The number of sulfonamides is 1. The van der Waals surface area contributed by atoms with Crippen LogP contribution >= 0.6 is 0 Å². The fourth-order valence-electron chi connectivity index (χ4n) is 5.96. The normalized spacial score (nSPS) is 11.9. The van der Waals surface area contributed by atoms with Crippen molar-refractivity contribution in [3.05, 3.63) is 125 Å². The number of hydrogen-bond acceptors (Lipinski definition) is 6. The highest BCUT2D eigenvalue weighted by Crippen LogP contribution is 2.37. The largest absolute Gasteiger partial charge is 0.497 e. The number of carbonyl (C=O) groups excluding carboxylic acids is 1. The number of aromatic nitrogens is 1. The predicted octanol–water partition coefficient (Wildman–Crippen LogP) is 6.85. The molecule has 0 bridgehead atoms. The molecule has 0 aliphatic carbocycles. The number of ether oxygens (including phenoxy) is 2. The molecule has 5 rings (SSSR count). The van der Waals surface area contributed by atoms with Crippen molar-refractivity contribution in [2.24, 2.45) is 0 Å². The molecule has 0 saturated heterocycles. The summed E-state index contributed by atoms with van der Waals surface area (Å²) in [5.74, 6) is 0.502. The van der Waals surface area contributed by atoms with Crippen molar-refractivity contribution in [1.29, 1.82) is 0 Å². The maximum Gasteiger partial charge on any atom is 0.404 e. The Bertz CT molecular complexity index is 2160. The van der Waals surface area contributed by atoms with E-state index in [4.69, 9.17) is 14.6 Å². The van der Waals surface area contributed by atoms with Crippen LogP contribution in [0.25, 0.3) is 22.0 Å². The molecule has 0 unspecified atom stereocenters. The third-order valence-electron chi connectivity index (χ3n) is 8.66. The number of carboxylic acid groups (broad SMARTS) is 1. The lowest BCUT2D eigenvalue weighted by atomic mass is 10.0. The molecule has 11 nitrogen and oxygen atoms in total. The lowest BCUT2D eigenvalue weighted by molar-refractivity contribution is 0.0827. The lowest BCUT2D eigenvalue weighted by Crippen LogP contribution is -2.30. The molecule has 0 atom stereocenters. The van der Waals surface area contributed by atoms with Gasteiger partial charge in [-0.2, -0.15) is 4.31 Å². The Labute approximate surface area is 302 Å². The first-order chi connectivity index (χ1) is 24.8. The van der Waals surface area contributed by atoms with Gasteiger partial charge in [0.2, 0.25) is 10.0 Å². The summed E-state index contributed by atoms with van der Waals surface area (Å²) in [6.07, 6.45) is -0.121. The van der Waals surface area contributed by atoms with Crippen LogP contribution < -0.4 is 14.8 Å². The van der Waals surface area contributed by atoms with Crippen molar-refractivity contribution in [1.82, 2.24) is 19.1 Å². The Kier molecular flexibility index (Phi) is 11.7. The van der Waals surface area contributed by atoms with Gasteiger partial charge in [-0.25, -0.2) is 17.6 Å². The van der Waals surface area contributed by atoms with Crippen molar-refractivity contribution in [2.45, 2.75) is 31.5 Å². The number of fused-ring (bicyclic) bond motifs is 1. The minimum atomic E-state index is -4.11. The average molecular weight is 729 g/mol. The Morgan fingerprint density at radius 3 is 2.02 bits per heavy atom. The second-order valence-electron chi connectivity index (χ2n) is 12.3. The Balaban J connectivity index is 1.61. The molecule has 0 fully saturated rings. The van der Waals surface area contributed by atoms with Crippen LogP contribution in [0.1, 0.15) is 27.2 Å². The molecule has 2 N–H and O–H groups in total. The van der Waals surface area contributed by atoms with Gasteiger partial charge in [-0.15, -0.1) is 0 Å². The van der Waals surface area contributed by atoms with E-state index in [-0.39, 0.29) is 37.0 Å². The highest BCUT2D eigenvalue weighted by atomic mass is 32.2. The lowest BCUT2D eigenvalue weighted by Gasteiger charge is -2.23. The summed E-state index contributed by atoms with van der Waals surface area (Å²) in [7, 11) is 2.31. The van der Waals surface area contributed by atoms with Crippen LogP contribution in [-0.2, 0) is 29.7 Å². The molecule has 0 aliphatic rings. The Morgan fingerprint density at radius 2 is 1.48 bits per heavy atom. The monoisotopic (exact) mass is 728 g/mol. The quantitative estimate of drug-likeness (QED) is 0.128. The van der Waals surface area contributed by atoms with Crippen molar-refractivity contribution < 1.29 is 37.0 Å². The predicted molar refractivity (Wildman–Crippen MR) is 198 cm³/mol. The Morgan fingerprint density at radius 1 is 0.885 bits per heavy atom. The topological polar surface area (TPSA) is 130 Å². The number of amides is 2. The standard InChI is InChI=1S/C39H41FN4O7S/c1-26-37(35-22-30(38(45)42(2)3)13-18-36(35)44(26)25-31(40)19-20-41-39(46)47)29-7-6-8-34(21-29)52(48,49)43(23-27-9-14-32(50-4)15-10-27)24-28-11-16-33(51-5)17-12-28/h6-19,21-22,41H,20,23-25H2,1-5H3,(H,46,47). The molecule has 272 valence electrons. The second kappa shape index (κ2) is 16.1. The zero-order chi connectivity index (χ0) is 37.6. The summed E-state index contributed by atoms with van der Waals surface area (Å²) < 4.78 is 58.0. The van der Waals surface area contributed by atoms with E-state index >= 15 is 4.39 Å². The van der Waals surface area contributed by atoms with E-state index in [9.17, 15) is 18.0 Å². The first kappa shape index (κ1) is 37.6. The number of nitrogens with one attached hydrogen (secondary N) is 1. The molecule has 0 saturated carbocycles. The van der Waals surface area contributed by atoms with Crippen molar-refractivity contribution >= 4 is 32.9 Å². The first-order valence-corrected chi connectivity index (χ1v) is 17.8. The zero-order valence-corrected chi connectivity index (χ0v) is 30.4. The molecule has 0 radical (unpaired) electrons. The van der Waals surface area contributed by atoms with Crippen LogP contribution in [0.15, 0.2) is 108 Å². The smallest absolute Gasteiger partial charge is 0.404 e. The number of allylic oxidation sites excluding steroid dienone is 1. The van der Waals surface area contributed by atoms with Crippen molar-refractivity contribution in [2.75, 3.05) is 34.9 Å². The maximum atomic E-state index is 15.2. The van der Waals surface area contributed by atoms with Gasteiger partial charge in [-0.05, 0) is 84.3 Å². The highest BCUT2D eigenvalue weighted by molar-refractivity contribution is 7.89. The summed E-state index contributed by atoms with van der Waals surface area (Å²) in [6, 6.07) is 26.1. The number of halogens is 1. The molecule has 0 spiro atoms. The first-order valence-electron chi connectivity index (χ1n) is 16.3. The molecular formula is C39H41FN4O7S. The summed E-state index contributed by atoms with van der Waals surface area (Å²) in [6.45, 7) is 1.54. The number of hydrogen-bond donors (Lipinski definition) is 2. The van der Waals surface area contributed by atoms with Gasteiger partial charge in [0.05, 0.1) is 25.7 Å². The van der Waals surface area contributed by atoms with Crippen LogP contribution in [0.3, 0.4) is 0 Å². The van der Waals surface area contributed by atoms with Gasteiger partial charge in [0.1, 0.15) is 17.3 Å². The number of benzene rings is 4. The van der Waals surface area contributed by atoms with E-state index in [1.165, 1.54) is 9.21 Å². The number of rotatable bonds is 14. The van der Waals surface area contributed by atoms with E-state index in [0.717, 1.165) is 17.2 Å². The third kappa shape index (κ3) is 8.44. The summed E-state index contributed by atoms with van der Waals surface area (Å²) >= 11 is 0. The maximum absolute atomic E-state index is 15.2. The van der Waals surface area contributed by atoms with Gasteiger partial charge < -0.3 is 29.4 Å². The van der Waals surface area contributed by atoms with Crippen LogP contribution in [0.2, 0.25) is 0 Å². The van der Waals surface area contributed by atoms with Gasteiger partial charge in [-0.1, -0.05) is 36.4 Å². The number of methoxy groups -OCH3 is 2. The minimum Gasteiger partial charge on any atom is -0.497 e. The average Bonchev–Trinajstić information content (AvgIpc) is 3.40. The molecule has 1 aromatic heterocycles. The van der Waals surface area contributed by atoms with Crippen LogP contribution in [0.4, 0.5) is 9.18 Å². The van der Waals surface area contributed by atoms with E-state index in [2.05, 4.69) is 5.32 Å². The van der Waals surface area contributed by atoms with Gasteiger partial charge in [0, 0.05) is 61.5 Å². The fraction of sp³-hybridized carbons (Fsp3) is 0.231. The summed E-state index contributed by atoms with van der Waals surface area (Å²) in [5.41, 5.74) is 4.37.